The van der Waals surface area contributed by atoms with Crippen LogP contribution in [0.4, 0.5) is 0 Å². The van der Waals surface area contributed by atoms with E-state index in [4.69, 9.17) is 14.2 Å². The molecule has 0 saturated heterocycles. The van der Waals surface area contributed by atoms with E-state index in [2.05, 4.69) is 18.2 Å². The lowest BCUT2D eigenvalue weighted by Gasteiger charge is -2.12. The number of methoxy groups -OCH3 is 2. The molecule has 6 heteroatoms. The number of rotatable bonds is 11. The molecule has 0 N–H and O–H groups in total. The van der Waals surface area contributed by atoms with E-state index in [1.165, 1.54) is 17.7 Å². The van der Waals surface area contributed by atoms with Gasteiger partial charge in [-0.1, -0.05) is 36.4 Å². The Morgan fingerprint density at radius 1 is 0.730 bits per heavy atom. The molecule has 0 bridgehead atoms. The number of benzene rings is 3. The third-order valence-corrected chi connectivity index (χ3v) is 6.50. The summed E-state index contributed by atoms with van der Waals surface area (Å²) in [5, 5.41) is 0. The van der Waals surface area contributed by atoms with Gasteiger partial charge in [-0.05, 0) is 90.4 Å². The second-order valence-electron chi connectivity index (χ2n) is 8.98. The van der Waals surface area contributed by atoms with Crippen LogP contribution in [0.15, 0.2) is 78.9 Å². The Morgan fingerprint density at radius 3 is 2.00 bits per heavy atom. The summed E-state index contributed by atoms with van der Waals surface area (Å²) in [5.41, 5.74) is 4.53. The van der Waals surface area contributed by atoms with Gasteiger partial charge in [0.2, 0.25) is 0 Å². The first-order chi connectivity index (χ1) is 18.0. The quantitative estimate of drug-likeness (QED) is 0.149. The van der Waals surface area contributed by atoms with Gasteiger partial charge in [-0.15, -0.1) is 0 Å². The molecule has 0 saturated carbocycles. The molecule has 3 aromatic carbocycles. The molecule has 0 aromatic heterocycles. The van der Waals surface area contributed by atoms with E-state index in [0.717, 1.165) is 53.9 Å². The van der Waals surface area contributed by atoms with Gasteiger partial charge in [0, 0.05) is 0 Å². The summed E-state index contributed by atoms with van der Waals surface area (Å²) in [6, 6.07) is 21.6. The highest BCUT2D eigenvalue weighted by Gasteiger charge is 2.31. The maximum Gasteiger partial charge on any atom is 0.312 e. The third kappa shape index (κ3) is 6.73. The van der Waals surface area contributed by atoms with Crippen LogP contribution in [0.2, 0.25) is 0 Å². The molecule has 3 aromatic rings. The molecular weight excluding hydrogens is 468 g/mol. The summed E-state index contributed by atoms with van der Waals surface area (Å²) in [6.07, 6.45) is 6.00. The number of allylic oxidation sites excluding steroid dienone is 2. The molecule has 0 atom stereocenters. The number of carbonyl (C=O) groups excluding carboxylic acids is 3. The minimum absolute atomic E-state index is 0.239. The summed E-state index contributed by atoms with van der Waals surface area (Å²) in [6.45, 7) is 0. The number of ether oxygens (including phenoxy) is 3. The monoisotopic (exact) mass is 498 g/mol. The van der Waals surface area contributed by atoms with Crippen molar-refractivity contribution in [3.05, 3.63) is 90.0 Å². The first kappa shape index (κ1) is 25.9. The third-order valence-electron chi connectivity index (χ3n) is 6.50. The van der Waals surface area contributed by atoms with Crippen LogP contribution in [0.25, 0.3) is 11.1 Å². The molecule has 0 amide bonds. The van der Waals surface area contributed by atoms with E-state index in [1.54, 1.807) is 26.4 Å². The Morgan fingerprint density at radius 2 is 1.35 bits per heavy atom. The average molecular weight is 499 g/mol. The Balaban J connectivity index is 1.24. The van der Waals surface area contributed by atoms with Gasteiger partial charge in [0.25, 0.3) is 0 Å². The predicted molar refractivity (Wildman–Crippen MR) is 141 cm³/mol. The van der Waals surface area contributed by atoms with E-state index >= 15 is 0 Å². The number of hydrogen-bond acceptors (Lipinski definition) is 6. The molecule has 37 heavy (non-hydrogen) atoms. The van der Waals surface area contributed by atoms with Crippen LogP contribution >= 0.6 is 0 Å². The second-order valence-corrected chi connectivity index (χ2v) is 8.98. The van der Waals surface area contributed by atoms with Gasteiger partial charge in [0.15, 0.2) is 11.6 Å². The van der Waals surface area contributed by atoms with E-state index in [0.29, 0.717) is 5.75 Å². The summed E-state index contributed by atoms with van der Waals surface area (Å²) in [4.78, 5) is 35.4. The van der Waals surface area contributed by atoms with Gasteiger partial charge < -0.3 is 14.2 Å². The number of unbranched alkanes of at least 4 members (excludes halogenated alkanes) is 1. The Labute approximate surface area is 216 Å². The minimum atomic E-state index is -0.941. The molecule has 0 spiro atoms. The molecule has 0 fully saturated rings. The fourth-order valence-corrected chi connectivity index (χ4v) is 4.36. The molecule has 0 aliphatic heterocycles. The molecule has 6 nitrogen and oxygen atoms in total. The Bertz CT molecular complexity index is 1270. The van der Waals surface area contributed by atoms with Gasteiger partial charge in [-0.3, -0.25) is 14.4 Å². The zero-order valence-corrected chi connectivity index (χ0v) is 21.1. The van der Waals surface area contributed by atoms with E-state index < -0.39 is 11.9 Å². The number of aryl methyl sites for hydroxylation is 2. The fourth-order valence-electron chi connectivity index (χ4n) is 4.36. The second kappa shape index (κ2) is 12.2. The highest BCUT2D eigenvalue weighted by Crippen LogP contribution is 2.29. The SMILES string of the molecule is COc1ccc(-c2ccc(CCCCc3ccc(OC(=O)CC4C(=O)C=CC4=O)cc3)c(OC)c2)cc1. The van der Waals surface area contributed by atoms with Gasteiger partial charge in [0.1, 0.15) is 17.2 Å². The smallest absolute Gasteiger partial charge is 0.312 e. The largest absolute Gasteiger partial charge is 0.497 e. The zero-order valence-electron chi connectivity index (χ0n) is 21.1. The van der Waals surface area contributed by atoms with Crippen LogP contribution in [0.1, 0.15) is 30.4 Å². The predicted octanol–water partition coefficient (Wildman–Crippen LogP) is 5.56. The molecule has 1 aliphatic carbocycles. The summed E-state index contributed by atoms with van der Waals surface area (Å²) < 4.78 is 16.2. The fraction of sp³-hybridized carbons (Fsp3) is 0.258. The highest BCUT2D eigenvalue weighted by atomic mass is 16.5. The lowest BCUT2D eigenvalue weighted by atomic mass is 9.99. The molecule has 1 aliphatic rings. The molecule has 4 rings (SSSR count). The Hall–Kier alpha value is -4.19. The summed E-state index contributed by atoms with van der Waals surface area (Å²) in [5.74, 6) is -0.0987. The normalized spacial score (nSPS) is 13.1. The van der Waals surface area contributed by atoms with Crippen LogP contribution in [0.3, 0.4) is 0 Å². The Kier molecular flexibility index (Phi) is 8.52. The number of hydrogen-bond donors (Lipinski definition) is 0. The van der Waals surface area contributed by atoms with Crippen molar-refractivity contribution in [2.45, 2.75) is 32.1 Å². The molecular formula is C31H30O6. The lowest BCUT2D eigenvalue weighted by molar-refractivity contribution is -0.139. The number of ketones is 2. The van der Waals surface area contributed by atoms with Crippen molar-refractivity contribution in [2.75, 3.05) is 14.2 Å². The van der Waals surface area contributed by atoms with Crippen LogP contribution in [0, 0.1) is 5.92 Å². The van der Waals surface area contributed by atoms with Gasteiger partial charge in [0.05, 0.1) is 26.6 Å². The molecule has 190 valence electrons. The summed E-state index contributed by atoms with van der Waals surface area (Å²) >= 11 is 0. The van der Waals surface area contributed by atoms with Crippen molar-refractivity contribution in [2.24, 2.45) is 5.92 Å². The minimum Gasteiger partial charge on any atom is -0.497 e. The van der Waals surface area contributed by atoms with Crippen molar-refractivity contribution in [1.82, 2.24) is 0 Å². The van der Waals surface area contributed by atoms with Crippen molar-refractivity contribution in [3.8, 4) is 28.4 Å². The van der Waals surface area contributed by atoms with E-state index in [-0.39, 0.29) is 18.0 Å². The van der Waals surface area contributed by atoms with Crippen LogP contribution < -0.4 is 14.2 Å². The maximum absolute atomic E-state index is 12.1. The topological polar surface area (TPSA) is 78.9 Å². The van der Waals surface area contributed by atoms with Crippen LogP contribution in [0.5, 0.6) is 17.2 Å². The van der Waals surface area contributed by atoms with Crippen LogP contribution in [-0.2, 0) is 27.2 Å². The number of carbonyl (C=O) groups is 3. The maximum atomic E-state index is 12.1. The highest BCUT2D eigenvalue weighted by molar-refractivity contribution is 6.19. The van der Waals surface area contributed by atoms with E-state index in [9.17, 15) is 14.4 Å². The standard InChI is InChI=1S/C31H30O6/c1-35-25-15-11-22(12-16-25)24-10-9-23(30(19-24)36-2)6-4-3-5-21-7-13-26(14-8-21)37-31(34)20-27-28(32)17-18-29(27)33/h7-19,27H,3-6,20H2,1-2H3. The van der Waals surface area contributed by atoms with E-state index in [1.807, 2.05) is 36.4 Å². The van der Waals surface area contributed by atoms with Crippen molar-refractivity contribution in [3.63, 3.8) is 0 Å². The first-order valence-electron chi connectivity index (χ1n) is 12.3. The summed E-state index contributed by atoms with van der Waals surface area (Å²) in [7, 11) is 3.36. The lowest BCUT2D eigenvalue weighted by Crippen LogP contribution is -2.22. The first-order valence-corrected chi connectivity index (χ1v) is 12.3. The molecule has 0 heterocycles. The molecule has 0 unspecified atom stereocenters. The number of esters is 1. The van der Waals surface area contributed by atoms with Crippen molar-refractivity contribution in [1.29, 1.82) is 0 Å². The van der Waals surface area contributed by atoms with Crippen molar-refractivity contribution >= 4 is 17.5 Å². The molecule has 0 radical (unpaired) electrons. The van der Waals surface area contributed by atoms with Crippen molar-refractivity contribution < 1.29 is 28.6 Å². The van der Waals surface area contributed by atoms with Gasteiger partial charge >= 0.3 is 5.97 Å². The van der Waals surface area contributed by atoms with Gasteiger partial charge in [-0.25, -0.2) is 0 Å². The van der Waals surface area contributed by atoms with Gasteiger partial charge in [-0.2, -0.15) is 0 Å². The zero-order chi connectivity index (χ0) is 26.2. The average Bonchev–Trinajstić information content (AvgIpc) is 3.24. The van der Waals surface area contributed by atoms with Crippen LogP contribution in [-0.4, -0.2) is 31.8 Å².